The van der Waals surface area contributed by atoms with E-state index in [1.54, 1.807) is 10.9 Å². The number of nitrogens with zero attached hydrogens (tertiary/aromatic N) is 5. The van der Waals surface area contributed by atoms with Gasteiger partial charge in [-0.05, 0) is 35.9 Å². The van der Waals surface area contributed by atoms with Crippen molar-refractivity contribution in [3.8, 4) is 17.1 Å². The minimum atomic E-state index is -0.854. The molecule has 1 N–H and O–H groups in total. The van der Waals surface area contributed by atoms with Crippen LogP contribution < -0.4 is 5.32 Å². The van der Waals surface area contributed by atoms with Gasteiger partial charge in [-0.25, -0.2) is 4.68 Å². The first-order valence-corrected chi connectivity index (χ1v) is 11.2. The Morgan fingerprint density at radius 3 is 2.46 bits per heavy atom. The zero-order valence-electron chi connectivity index (χ0n) is 18.6. The Morgan fingerprint density at radius 1 is 0.857 bits per heavy atom. The smallest absolute Gasteiger partial charge is 0.317 e. The van der Waals surface area contributed by atoms with E-state index in [4.69, 9.17) is 9.41 Å². The van der Waals surface area contributed by atoms with Crippen molar-refractivity contribution < 1.29 is 9.21 Å². The van der Waals surface area contributed by atoms with Crippen molar-refractivity contribution in [1.29, 1.82) is 0 Å². The maximum Gasteiger partial charge on any atom is 0.317 e. The van der Waals surface area contributed by atoms with Crippen LogP contribution in [0.15, 0.2) is 107 Å². The van der Waals surface area contributed by atoms with E-state index in [0.29, 0.717) is 5.89 Å². The summed E-state index contributed by atoms with van der Waals surface area (Å²) in [6.45, 7) is 0. The molecule has 2 aromatic heterocycles. The van der Waals surface area contributed by atoms with E-state index in [1.807, 2.05) is 91.1 Å². The van der Waals surface area contributed by atoms with Gasteiger partial charge >= 0.3 is 6.01 Å². The highest BCUT2D eigenvalue weighted by Crippen LogP contribution is 2.25. The molecule has 0 aliphatic carbocycles. The van der Waals surface area contributed by atoms with E-state index < -0.39 is 6.17 Å². The van der Waals surface area contributed by atoms with Crippen LogP contribution in [0.25, 0.3) is 17.1 Å². The number of aliphatic imine (C=N–C) groups is 1. The number of ketones is 1. The normalized spacial score (nSPS) is 15.3. The van der Waals surface area contributed by atoms with Crippen LogP contribution in [0.1, 0.15) is 16.7 Å². The molecule has 35 heavy (non-hydrogen) atoms. The van der Waals surface area contributed by atoms with E-state index >= 15 is 0 Å². The van der Waals surface area contributed by atoms with Crippen molar-refractivity contribution in [3.05, 3.63) is 114 Å². The summed E-state index contributed by atoms with van der Waals surface area (Å²) < 4.78 is 7.60. The minimum absolute atomic E-state index is 0.0771. The van der Waals surface area contributed by atoms with Crippen LogP contribution in [0.2, 0.25) is 0 Å². The molecule has 0 radical (unpaired) electrons. The van der Waals surface area contributed by atoms with Gasteiger partial charge < -0.3 is 9.73 Å². The summed E-state index contributed by atoms with van der Waals surface area (Å²) in [5.74, 6) is 0.267. The van der Waals surface area contributed by atoms with Crippen molar-refractivity contribution in [3.63, 3.8) is 0 Å². The van der Waals surface area contributed by atoms with Gasteiger partial charge in [-0.1, -0.05) is 59.7 Å². The molecule has 1 unspecified atom stereocenters. The Hall–Kier alpha value is -4.85. The summed E-state index contributed by atoms with van der Waals surface area (Å²) in [6, 6.07) is 27.3. The summed E-state index contributed by atoms with van der Waals surface area (Å²) in [5, 5.41) is 15.5. The second-order valence-electron chi connectivity index (χ2n) is 8.10. The average Bonchev–Trinajstić information content (AvgIpc) is 3.58. The van der Waals surface area contributed by atoms with Crippen LogP contribution in [0.5, 0.6) is 0 Å². The molecular weight excluding hydrogens is 440 g/mol. The van der Waals surface area contributed by atoms with Gasteiger partial charge in [0.25, 0.3) is 0 Å². The number of carbonyl (C=O) groups is 1. The Morgan fingerprint density at radius 2 is 1.66 bits per heavy atom. The molecule has 1 aliphatic rings. The predicted octanol–water partition coefficient (Wildman–Crippen LogP) is 4.32. The van der Waals surface area contributed by atoms with Crippen molar-refractivity contribution in [2.75, 3.05) is 5.32 Å². The van der Waals surface area contributed by atoms with Gasteiger partial charge in [0.05, 0.1) is 11.4 Å². The van der Waals surface area contributed by atoms with Gasteiger partial charge in [-0.3, -0.25) is 9.79 Å². The zero-order valence-corrected chi connectivity index (χ0v) is 18.6. The molecular formula is C27H20N6O2. The van der Waals surface area contributed by atoms with Gasteiger partial charge in [0.2, 0.25) is 5.89 Å². The fraction of sp³-hybridized carbons (Fsp3) is 0.0741. The Balaban J connectivity index is 1.29. The lowest BCUT2D eigenvalue weighted by molar-refractivity contribution is -0.119. The van der Waals surface area contributed by atoms with Crippen LogP contribution in [0.4, 0.5) is 6.01 Å². The fourth-order valence-electron chi connectivity index (χ4n) is 4.09. The molecule has 0 bridgehead atoms. The summed E-state index contributed by atoms with van der Waals surface area (Å²) in [7, 11) is 0. The van der Waals surface area contributed by atoms with Crippen molar-refractivity contribution >= 4 is 17.5 Å². The molecule has 3 aromatic carbocycles. The first kappa shape index (κ1) is 20.7. The molecule has 6 rings (SSSR count). The lowest BCUT2D eigenvalue weighted by atomic mass is 9.96. The van der Waals surface area contributed by atoms with Crippen molar-refractivity contribution in [2.45, 2.75) is 12.6 Å². The Kier molecular flexibility index (Phi) is 5.23. The number of hydrogen-bond acceptors (Lipinski definition) is 7. The highest BCUT2D eigenvalue weighted by molar-refractivity contribution is 6.16. The number of carbonyl (C=O) groups excluding carboxylic acids is 1. The lowest BCUT2D eigenvalue weighted by Gasteiger charge is -2.11. The predicted molar refractivity (Wildman–Crippen MR) is 132 cm³/mol. The Labute approximate surface area is 201 Å². The lowest BCUT2D eigenvalue weighted by Crippen LogP contribution is -2.29. The molecule has 0 spiro atoms. The quantitative estimate of drug-likeness (QED) is 0.419. The van der Waals surface area contributed by atoms with Crippen LogP contribution in [0.3, 0.4) is 0 Å². The summed E-state index contributed by atoms with van der Waals surface area (Å²) in [5.41, 5.74) is 5.24. The number of benzene rings is 3. The first-order chi connectivity index (χ1) is 17.2. The highest BCUT2D eigenvalue weighted by atomic mass is 16.4. The Bertz CT molecular complexity index is 1510. The van der Waals surface area contributed by atoms with E-state index in [-0.39, 0.29) is 18.2 Å². The second kappa shape index (κ2) is 8.83. The van der Waals surface area contributed by atoms with Crippen LogP contribution >= 0.6 is 0 Å². The van der Waals surface area contributed by atoms with Crippen LogP contribution in [-0.2, 0) is 11.2 Å². The number of anilines is 1. The molecule has 0 saturated carbocycles. The van der Waals surface area contributed by atoms with Crippen LogP contribution in [0, 0.1) is 0 Å². The van der Waals surface area contributed by atoms with Gasteiger partial charge in [0, 0.05) is 35.5 Å². The van der Waals surface area contributed by atoms with Gasteiger partial charge in [-0.2, -0.15) is 5.10 Å². The summed E-state index contributed by atoms with van der Waals surface area (Å²) in [4.78, 5) is 17.9. The zero-order chi connectivity index (χ0) is 23.6. The van der Waals surface area contributed by atoms with Gasteiger partial charge in [-0.15, -0.1) is 5.10 Å². The number of fused-ring (bicyclic) bond motifs is 1. The van der Waals surface area contributed by atoms with Gasteiger partial charge in [0.15, 0.2) is 11.9 Å². The molecule has 170 valence electrons. The van der Waals surface area contributed by atoms with E-state index in [0.717, 1.165) is 33.7 Å². The fourth-order valence-corrected chi connectivity index (χ4v) is 4.09. The molecule has 3 heterocycles. The average molecular weight is 460 g/mol. The largest absolute Gasteiger partial charge is 0.403 e. The number of aromatic nitrogens is 4. The first-order valence-electron chi connectivity index (χ1n) is 11.2. The molecule has 5 aromatic rings. The number of hydrogen-bond donors (Lipinski definition) is 1. The summed E-state index contributed by atoms with van der Waals surface area (Å²) in [6.07, 6.45) is 3.00. The third-order valence-electron chi connectivity index (χ3n) is 5.82. The van der Waals surface area contributed by atoms with Crippen molar-refractivity contribution in [1.82, 2.24) is 20.0 Å². The molecule has 1 atom stereocenters. The van der Waals surface area contributed by atoms with E-state index in [2.05, 4.69) is 20.6 Å². The topological polar surface area (TPSA) is 98.2 Å². The molecule has 0 fully saturated rings. The third-order valence-corrected chi connectivity index (χ3v) is 5.82. The van der Waals surface area contributed by atoms with Gasteiger partial charge in [0.1, 0.15) is 0 Å². The van der Waals surface area contributed by atoms with E-state index in [1.165, 1.54) is 0 Å². The van der Waals surface area contributed by atoms with Crippen LogP contribution in [-0.4, -0.2) is 37.6 Å². The number of Topliss-reactive ketones (excluding diaryl/α,β-unsaturated/α-hetero) is 1. The summed E-state index contributed by atoms with van der Waals surface area (Å²) >= 11 is 0. The molecule has 1 aliphatic heterocycles. The number of nitrogens with one attached hydrogen (secondary N) is 1. The second-order valence-corrected chi connectivity index (χ2v) is 8.10. The maximum absolute atomic E-state index is 13.1. The standard InChI is InChI=1S/C27H20N6O2/c34-23-17-20-9-4-5-10-22(20)24(18-7-2-1-3-8-18)29-25(23)30-27-32-31-26(35-27)19-11-13-21(14-12-19)33-16-6-15-28-33/h1-16,25H,17H2,(H,30,32). The number of rotatable bonds is 5. The molecule has 8 nitrogen and oxygen atoms in total. The molecule has 0 saturated heterocycles. The maximum atomic E-state index is 13.1. The minimum Gasteiger partial charge on any atom is -0.403 e. The third kappa shape index (κ3) is 4.13. The highest BCUT2D eigenvalue weighted by Gasteiger charge is 2.27. The monoisotopic (exact) mass is 460 g/mol. The molecule has 0 amide bonds. The molecule has 8 heteroatoms. The van der Waals surface area contributed by atoms with E-state index in [9.17, 15) is 4.79 Å². The SMILES string of the molecule is O=C1Cc2ccccc2C(c2ccccc2)=NC1Nc1nnc(-c2ccc(-n3cccn3)cc2)o1. The van der Waals surface area contributed by atoms with Crippen molar-refractivity contribution in [2.24, 2.45) is 4.99 Å².